The standard InChI is InChI=1S/C13H27NS/c1-4-5-13(10-15)9-14(11(2)3)8-12-6-7-12/h11-13,15H,4-10H2,1-3H3. The lowest BCUT2D eigenvalue weighted by atomic mass is 10.0. The molecule has 0 saturated heterocycles. The number of rotatable bonds is 8. The van der Waals surface area contributed by atoms with Crippen LogP contribution in [0.25, 0.3) is 0 Å². The van der Waals surface area contributed by atoms with Crippen LogP contribution in [-0.4, -0.2) is 29.8 Å². The molecule has 1 aliphatic rings. The summed E-state index contributed by atoms with van der Waals surface area (Å²) in [7, 11) is 0. The van der Waals surface area contributed by atoms with Gasteiger partial charge in [0.1, 0.15) is 0 Å². The van der Waals surface area contributed by atoms with Crippen LogP contribution >= 0.6 is 12.6 Å². The van der Waals surface area contributed by atoms with Gasteiger partial charge in [0.2, 0.25) is 0 Å². The van der Waals surface area contributed by atoms with Crippen LogP contribution in [0.2, 0.25) is 0 Å². The van der Waals surface area contributed by atoms with E-state index < -0.39 is 0 Å². The average molecular weight is 229 g/mol. The van der Waals surface area contributed by atoms with E-state index in [2.05, 4.69) is 38.3 Å². The Labute approximate surface area is 101 Å². The van der Waals surface area contributed by atoms with Crippen molar-refractivity contribution in [1.29, 1.82) is 0 Å². The first-order valence-corrected chi connectivity index (χ1v) is 7.15. The Kier molecular flexibility index (Phi) is 6.06. The summed E-state index contributed by atoms with van der Waals surface area (Å²) >= 11 is 4.47. The summed E-state index contributed by atoms with van der Waals surface area (Å²) in [5.74, 6) is 2.84. The van der Waals surface area contributed by atoms with Crippen LogP contribution in [0.5, 0.6) is 0 Å². The fraction of sp³-hybridized carbons (Fsp3) is 1.00. The van der Waals surface area contributed by atoms with Crippen molar-refractivity contribution in [3.05, 3.63) is 0 Å². The highest BCUT2D eigenvalue weighted by Gasteiger charge is 2.26. The molecule has 0 spiro atoms. The van der Waals surface area contributed by atoms with Crippen molar-refractivity contribution in [2.24, 2.45) is 11.8 Å². The lowest BCUT2D eigenvalue weighted by molar-refractivity contribution is 0.182. The quantitative estimate of drug-likeness (QED) is 0.624. The second kappa shape index (κ2) is 6.80. The van der Waals surface area contributed by atoms with Gasteiger partial charge in [0.25, 0.3) is 0 Å². The first-order chi connectivity index (χ1) is 7.17. The molecular weight excluding hydrogens is 202 g/mol. The largest absolute Gasteiger partial charge is 0.300 e. The number of thiol groups is 1. The lowest BCUT2D eigenvalue weighted by Gasteiger charge is -2.30. The van der Waals surface area contributed by atoms with Crippen molar-refractivity contribution in [2.75, 3.05) is 18.8 Å². The minimum absolute atomic E-state index is 0.699. The summed E-state index contributed by atoms with van der Waals surface area (Å²) < 4.78 is 0. The zero-order chi connectivity index (χ0) is 11.3. The summed E-state index contributed by atoms with van der Waals surface area (Å²) in [6, 6.07) is 0.699. The Hall–Kier alpha value is 0.310. The third kappa shape index (κ3) is 5.26. The van der Waals surface area contributed by atoms with Gasteiger partial charge in [-0.05, 0) is 50.7 Å². The Morgan fingerprint density at radius 2 is 2.00 bits per heavy atom. The molecule has 1 fully saturated rings. The van der Waals surface area contributed by atoms with Gasteiger partial charge in [-0.1, -0.05) is 13.3 Å². The molecule has 1 aliphatic carbocycles. The predicted octanol–water partition coefficient (Wildman–Crippen LogP) is 3.45. The molecule has 0 amide bonds. The summed E-state index contributed by atoms with van der Waals surface area (Å²) in [5.41, 5.74) is 0. The molecule has 1 atom stereocenters. The highest BCUT2D eigenvalue weighted by atomic mass is 32.1. The van der Waals surface area contributed by atoms with Gasteiger partial charge in [0.15, 0.2) is 0 Å². The van der Waals surface area contributed by atoms with Crippen molar-refractivity contribution < 1.29 is 0 Å². The zero-order valence-corrected chi connectivity index (χ0v) is 11.5. The van der Waals surface area contributed by atoms with E-state index in [0.29, 0.717) is 6.04 Å². The van der Waals surface area contributed by atoms with E-state index in [9.17, 15) is 0 Å². The molecule has 0 aliphatic heterocycles. The Bertz CT molecular complexity index is 166. The molecule has 15 heavy (non-hydrogen) atoms. The van der Waals surface area contributed by atoms with E-state index in [1.165, 1.54) is 38.8 Å². The first-order valence-electron chi connectivity index (χ1n) is 6.52. The second-order valence-electron chi connectivity index (χ2n) is 5.33. The summed E-state index contributed by atoms with van der Waals surface area (Å²) in [6.07, 6.45) is 5.54. The van der Waals surface area contributed by atoms with E-state index >= 15 is 0 Å². The Balaban J connectivity index is 2.33. The lowest BCUT2D eigenvalue weighted by Crippen LogP contribution is -2.37. The van der Waals surface area contributed by atoms with Crippen molar-refractivity contribution >= 4 is 12.6 Å². The van der Waals surface area contributed by atoms with E-state index in [0.717, 1.165) is 17.6 Å². The topological polar surface area (TPSA) is 3.24 Å². The van der Waals surface area contributed by atoms with Crippen molar-refractivity contribution in [2.45, 2.75) is 52.5 Å². The van der Waals surface area contributed by atoms with Crippen molar-refractivity contribution in [1.82, 2.24) is 4.90 Å². The SMILES string of the molecule is CCCC(CS)CN(CC1CC1)C(C)C. The molecule has 0 aromatic carbocycles. The molecule has 1 nitrogen and oxygen atoms in total. The van der Waals surface area contributed by atoms with Gasteiger partial charge < -0.3 is 4.90 Å². The third-order valence-corrected chi connectivity index (χ3v) is 3.88. The molecule has 0 bridgehead atoms. The number of hydrogen-bond donors (Lipinski definition) is 1. The second-order valence-corrected chi connectivity index (χ2v) is 5.69. The minimum atomic E-state index is 0.699. The van der Waals surface area contributed by atoms with Crippen LogP contribution in [-0.2, 0) is 0 Å². The summed E-state index contributed by atoms with van der Waals surface area (Å²) in [6.45, 7) is 9.50. The zero-order valence-electron chi connectivity index (χ0n) is 10.6. The molecule has 1 unspecified atom stereocenters. The molecule has 2 heteroatoms. The van der Waals surface area contributed by atoms with Gasteiger partial charge in [-0.25, -0.2) is 0 Å². The predicted molar refractivity (Wildman–Crippen MR) is 71.7 cm³/mol. The van der Waals surface area contributed by atoms with Gasteiger partial charge >= 0.3 is 0 Å². The molecular formula is C13H27NS. The number of hydrogen-bond acceptors (Lipinski definition) is 2. The molecule has 0 aromatic rings. The molecule has 0 aromatic heterocycles. The maximum atomic E-state index is 4.47. The van der Waals surface area contributed by atoms with Crippen LogP contribution in [0, 0.1) is 11.8 Å². The smallest absolute Gasteiger partial charge is 0.00388 e. The van der Waals surface area contributed by atoms with Crippen LogP contribution in [0.4, 0.5) is 0 Å². The monoisotopic (exact) mass is 229 g/mol. The van der Waals surface area contributed by atoms with Crippen molar-refractivity contribution in [3.63, 3.8) is 0 Å². The van der Waals surface area contributed by atoms with Gasteiger partial charge in [-0.2, -0.15) is 12.6 Å². The highest BCUT2D eigenvalue weighted by molar-refractivity contribution is 7.80. The first kappa shape index (κ1) is 13.4. The van der Waals surface area contributed by atoms with Crippen LogP contribution in [0.1, 0.15) is 46.5 Å². The maximum Gasteiger partial charge on any atom is 0.00388 e. The highest BCUT2D eigenvalue weighted by Crippen LogP contribution is 2.30. The molecule has 1 saturated carbocycles. The molecule has 1 rings (SSSR count). The average Bonchev–Trinajstić information content (AvgIpc) is 2.99. The Morgan fingerprint density at radius 3 is 2.40 bits per heavy atom. The molecule has 0 radical (unpaired) electrons. The normalized spacial score (nSPS) is 18.8. The van der Waals surface area contributed by atoms with Crippen LogP contribution in [0.15, 0.2) is 0 Å². The van der Waals surface area contributed by atoms with E-state index in [-0.39, 0.29) is 0 Å². The maximum absolute atomic E-state index is 4.47. The van der Waals surface area contributed by atoms with Crippen LogP contribution < -0.4 is 0 Å². The van der Waals surface area contributed by atoms with Gasteiger partial charge in [-0.3, -0.25) is 0 Å². The molecule has 0 heterocycles. The van der Waals surface area contributed by atoms with Crippen molar-refractivity contribution in [3.8, 4) is 0 Å². The van der Waals surface area contributed by atoms with E-state index in [1.54, 1.807) is 0 Å². The summed E-state index contributed by atoms with van der Waals surface area (Å²) in [4.78, 5) is 2.66. The van der Waals surface area contributed by atoms with E-state index in [1.807, 2.05) is 0 Å². The minimum Gasteiger partial charge on any atom is -0.300 e. The fourth-order valence-electron chi connectivity index (χ4n) is 2.11. The van der Waals surface area contributed by atoms with Gasteiger partial charge in [0, 0.05) is 19.1 Å². The molecule has 0 N–H and O–H groups in total. The van der Waals surface area contributed by atoms with E-state index in [4.69, 9.17) is 0 Å². The number of nitrogens with zero attached hydrogens (tertiary/aromatic N) is 1. The Morgan fingerprint density at radius 1 is 1.33 bits per heavy atom. The van der Waals surface area contributed by atoms with Gasteiger partial charge in [-0.15, -0.1) is 0 Å². The van der Waals surface area contributed by atoms with Gasteiger partial charge in [0.05, 0.1) is 0 Å². The fourth-order valence-corrected chi connectivity index (χ4v) is 2.41. The third-order valence-electron chi connectivity index (χ3n) is 3.37. The van der Waals surface area contributed by atoms with Crippen LogP contribution in [0.3, 0.4) is 0 Å². The molecule has 90 valence electrons. The summed E-state index contributed by atoms with van der Waals surface area (Å²) in [5, 5.41) is 0.